The molecule has 2 aromatic carbocycles. The summed E-state index contributed by atoms with van der Waals surface area (Å²) < 4.78 is 40.8. The second kappa shape index (κ2) is 10.0. The predicted octanol–water partition coefficient (Wildman–Crippen LogP) is 3.54. The highest BCUT2D eigenvalue weighted by atomic mass is 32.2. The van der Waals surface area contributed by atoms with Crippen LogP contribution in [0.25, 0.3) is 0 Å². The third-order valence-corrected chi connectivity index (χ3v) is 7.45. The summed E-state index contributed by atoms with van der Waals surface area (Å²) in [5.74, 6) is -1.02. The van der Waals surface area contributed by atoms with Crippen LogP contribution < -0.4 is 0 Å². The van der Waals surface area contributed by atoms with Crippen molar-refractivity contribution in [2.24, 2.45) is 5.92 Å². The Morgan fingerprint density at radius 2 is 1.81 bits per heavy atom. The monoisotopic (exact) mass is 443 g/mol. The van der Waals surface area contributed by atoms with E-state index in [9.17, 15) is 17.6 Å². The number of hydrogen-bond donors (Lipinski definition) is 0. The van der Waals surface area contributed by atoms with Crippen molar-refractivity contribution in [1.29, 1.82) is 5.26 Å². The number of piperidine rings is 1. The molecule has 0 N–H and O–H groups in total. The summed E-state index contributed by atoms with van der Waals surface area (Å²) in [6, 6.07) is 14.6. The number of hydrogen-bond acceptors (Lipinski definition) is 4. The van der Waals surface area contributed by atoms with Gasteiger partial charge in [-0.2, -0.15) is 9.57 Å². The summed E-state index contributed by atoms with van der Waals surface area (Å²) in [6.45, 7) is 3.43. The highest BCUT2D eigenvalue weighted by molar-refractivity contribution is 7.89. The Bertz CT molecular complexity index is 1060. The lowest BCUT2D eigenvalue weighted by Gasteiger charge is -2.33. The SMILES string of the molecule is CCCN(Cc1ccc(C#N)cc1)C(=O)C1CCN(S(=O)(=O)c2ccccc2F)CC1. The van der Waals surface area contributed by atoms with Crippen LogP contribution in [0.5, 0.6) is 0 Å². The molecule has 0 aromatic heterocycles. The highest BCUT2D eigenvalue weighted by Gasteiger charge is 2.34. The van der Waals surface area contributed by atoms with Crippen LogP contribution >= 0.6 is 0 Å². The Balaban J connectivity index is 1.66. The zero-order valence-corrected chi connectivity index (χ0v) is 18.3. The first-order valence-electron chi connectivity index (χ1n) is 10.4. The zero-order chi connectivity index (χ0) is 22.4. The molecule has 3 rings (SSSR count). The van der Waals surface area contributed by atoms with Crippen LogP contribution in [-0.4, -0.2) is 43.2 Å². The van der Waals surface area contributed by atoms with Crippen molar-refractivity contribution in [2.45, 2.75) is 37.6 Å². The lowest BCUT2D eigenvalue weighted by atomic mass is 9.96. The summed E-state index contributed by atoms with van der Waals surface area (Å²) in [6.07, 6.45) is 1.61. The molecule has 0 saturated carbocycles. The predicted molar refractivity (Wildman–Crippen MR) is 115 cm³/mol. The minimum absolute atomic E-state index is 0.00847. The highest BCUT2D eigenvalue weighted by Crippen LogP contribution is 2.27. The van der Waals surface area contributed by atoms with Crippen LogP contribution in [0.1, 0.15) is 37.3 Å². The van der Waals surface area contributed by atoms with E-state index in [-0.39, 0.29) is 29.8 Å². The van der Waals surface area contributed by atoms with Gasteiger partial charge in [0.25, 0.3) is 0 Å². The van der Waals surface area contributed by atoms with Crippen LogP contribution in [0.15, 0.2) is 53.4 Å². The molecule has 31 heavy (non-hydrogen) atoms. The number of nitriles is 1. The van der Waals surface area contributed by atoms with Crippen molar-refractivity contribution in [2.75, 3.05) is 19.6 Å². The van der Waals surface area contributed by atoms with Gasteiger partial charge >= 0.3 is 0 Å². The number of sulfonamides is 1. The maximum atomic E-state index is 14.0. The first-order chi connectivity index (χ1) is 14.9. The van der Waals surface area contributed by atoms with E-state index in [4.69, 9.17) is 5.26 Å². The zero-order valence-electron chi connectivity index (χ0n) is 17.5. The molecule has 1 heterocycles. The fourth-order valence-corrected chi connectivity index (χ4v) is 5.37. The van der Waals surface area contributed by atoms with E-state index in [1.54, 1.807) is 17.0 Å². The third kappa shape index (κ3) is 5.30. The standard InChI is InChI=1S/C23H26FN3O3S/c1-2-13-26(17-19-9-7-18(16-25)8-10-19)23(28)20-11-14-27(15-12-20)31(29,30)22-6-4-3-5-21(22)24/h3-10,20H,2,11-15,17H2,1H3. The fourth-order valence-electron chi connectivity index (χ4n) is 3.84. The number of carbonyl (C=O) groups is 1. The number of halogens is 1. The average Bonchev–Trinajstić information content (AvgIpc) is 2.79. The van der Waals surface area contributed by atoms with Crippen molar-refractivity contribution >= 4 is 15.9 Å². The molecule has 1 aliphatic rings. The minimum atomic E-state index is -3.92. The third-order valence-electron chi connectivity index (χ3n) is 5.52. The molecular formula is C23H26FN3O3S. The smallest absolute Gasteiger partial charge is 0.245 e. The molecule has 164 valence electrons. The van der Waals surface area contributed by atoms with Gasteiger partial charge in [-0.3, -0.25) is 4.79 Å². The quantitative estimate of drug-likeness (QED) is 0.656. The first-order valence-corrected chi connectivity index (χ1v) is 11.8. The molecule has 1 saturated heterocycles. The van der Waals surface area contributed by atoms with Crippen LogP contribution in [-0.2, 0) is 21.4 Å². The molecular weight excluding hydrogens is 417 g/mol. The summed E-state index contributed by atoms with van der Waals surface area (Å²) in [5.41, 5.74) is 1.51. The lowest BCUT2D eigenvalue weighted by Crippen LogP contribution is -2.44. The second-order valence-corrected chi connectivity index (χ2v) is 9.58. The van der Waals surface area contributed by atoms with Crippen molar-refractivity contribution in [3.8, 4) is 6.07 Å². The topological polar surface area (TPSA) is 81.5 Å². The van der Waals surface area contributed by atoms with Crippen LogP contribution in [0.3, 0.4) is 0 Å². The molecule has 2 aromatic rings. The van der Waals surface area contributed by atoms with Crippen LogP contribution in [0.2, 0.25) is 0 Å². The molecule has 0 unspecified atom stereocenters. The van der Waals surface area contributed by atoms with Gasteiger partial charge in [0.15, 0.2) is 0 Å². The molecule has 1 amide bonds. The van der Waals surface area contributed by atoms with Gasteiger partial charge in [-0.15, -0.1) is 0 Å². The fraction of sp³-hybridized carbons (Fsp3) is 0.391. The van der Waals surface area contributed by atoms with E-state index in [1.165, 1.54) is 22.5 Å². The largest absolute Gasteiger partial charge is 0.338 e. The summed E-state index contributed by atoms with van der Waals surface area (Å²) in [7, 11) is -3.92. The molecule has 0 aliphatic carbocycles. The van der Waals surface area contributed by atoms with Gasteiger partial charge in [0.05, 0.1) is 11.6 Å². The maximum Gasteiger partial charge on any atom is 0.245 e. The number of amides is 1. The van der Waals surface area contributed by atoms with Crippen molar-refractivity contribution in [3.05, 3.63) is 65.5 Å². The molecule has 1 fully saturated rings. The van der Waals surface area contributed by atoms with E-state index in [0.29, 0.717) is 31.5 Å². The van der Waals surface area contributed by atoms with E-state index in [0.717, 1.165) is 18.1 Å². The summed E-state index contributed by atoms with van der Waals surface area (Å²) in [4.78, 5) is 14.6. The number of carbonyl (C=O) groups excluding carboxylic acids is 1. The van der Waals surface area contributed by atoms with E-state index in [2.05, 4.69) is 6.07 Å². The number of rotatable bonds is 7. The number of nitrogens with zero attached hydrogens (tertiary/aromatic N) is 3. The van der Waals surface area contributed by atoms with Gasteiger partial charge in [-0.25, -0.2) is 12.8 Å². The molecule has 0 atom stereocenters. The molecule has 0 spiro atoms. The minimum Gasteiger partial charge on any atom is -0.338 e. The van der Waals surface area contributed by atoms with E-state index in [1.807, 2.05) is 19.1 Å². The van der Waals surface area contributed by atoms with E-state index >= 15 is 0 Å². The summed E-state index contributed by atoms with van der Waals surface area (Å²) >= 11 is 0. The lowest BCUT2D eigenvalue weighted by molar-refractivity contribution is -0.137. The van der Waals surface area contributed by atoms with Crippen molar-refractivity contribution in [1.82, 2.24) is 9.21 Å². The summed E-state index contributed by atoms with van der Waals surface area (Å²) in [5, 5.41) is 8.94. The van der Waals surface area contributed by atoms with Gasteiger partial charge in [0.1, 0.15) is 10.7 Å². The second-order valence-electron chi connectivity index (χ2n) is 7.68. The van der Waals surface area contributed by atoms with Crippen molar-refractivity contribution < 1.29 is 17.6 Å². The Kier molecular flexibility index (Phi) is 7.42. The van der Waals surface area contributed by atoms with Gasteiger partial charge in [-0.05, 0) is 49.1 Å². The van der Waals surface area contributed by atoms with Gasteiger partial charge in [-0.1, -0.05) is 31.2 Å². The van der Waals surface area contributed by atoms with Crippen LogP contribution in [0, 0.1) is 23.1 Å². The molecule has 6 nitrogen and oxygen atoms in total. The molecule has 8 heteroatoms. The van der Waals surface area contributed by atoms with E-state index < -0.39 is 15.8 Å². The van der Waals surface area contributed by atoms with Gasteiger partial charge in [0.2, 0.25) is 15.9 Å². The Morgan fingerprint density at radius 1 is 1.16 bits per heavy atom. The normalized spacial score (nSPS) is 15.4. The van der Waals surface area contributed by atoms with Gasteiger partial charge < -0.3 is 4.90 Å². The maximum absolute atomic E-state index is 14.0. The Morgan fingerprint density at radius 3 is 2.39 bits per heavy atom. The Labute approximate surface area is 182 Å². The van der Waals surface area contributed by atoms with Crippen molar-refractivity contribution in [3.63, 3.8) is 0 Å². The number of benzene rings is 2. The molecule has 0 radical (unpaired) electrons. The molecule has 1 aliphatic heterocycles. The average molecular weight is 444 g/mol. The molecule has 0 bridgehead atoms. The van der Waals surface area contributed by atoms with Crippen LogP contribution in [0.4, 0.5) is 4.39 Å². The first kappa shape index (κ1) is 22.9. The van der Waals surface area contributed by atoms with Gasteiger partial charge in [0, 0.05) is 32.1 Å². The Hall–Kier alpha value is -2.76.